The highest BCUT2D eigenvalue weighted by Gasteiger charge is 2.72. The predicted octanol–water partition coefficient (Wildman–Crippen LogP) is 1.05. The van der Waals surface area contributed by atoms with E-state index in [9.17, 15) is 4.79 Å². The summed E-state index contributed by atoms with van der Waals surface area (Å²) in [5.41, 5.74) is -1.13. The molecule has 4 aliphatic rings. The number of carbonyl (C=O) groups is 1. The van der Waals surface area contributed by atoms with E-state index in [1.54, 1.807) is 6.07 Å². The van der Waals surface area contributed by atoms with Gasteiger partial charge in [0.25, 0.3) is 0 Å². The molecule has 1 saturated carbocycles. The molecule has 1 saturated heterocycles. The molecule has 0 amide bonds. The Bertz CT molecular complexity index is 920. The van der Waals surface area contributed by atoms with Crippen molar-refractivity contribution >= 4 is 5.78 Å². The third kappa shape index (κ3) is 1.32. The van der Waals surface area contributed by atoms with Gasteiger partial charge in [-0.3, -0.25) is 4.79 Å². The smallest absolute Gasteiger partial charge is 0.211 e. The van der Waals surface area contributed by atoms with Crippen LogP contribution in [0.2, 0.25) is 0 Å². The van der Waals surface area contributed by atoms with Crippen molar-refractivity contribution in [3.63, 3.8) is 0 Å². The minimum Gasteiger partial charge on any atom is -0.493 e. The number of methoxy groups -OCH3 is 1. The van der Waals surface area contributed by atoms with E-state index in [1.807, 2.05) is 6.07 Å². The standard InChI is InChI=1S/C18H21NO4/c1-19-8-7-17-14-10-3-4-12(22-2)15(14)23-16(17)11(20)5-6-18(17,21)13(19)9-10/h3-4,13,16,21H,5-9H2,1-2H3/t13-,16?,17+,18-/m1/s1/i1D3,5D2,21D. The van der Waals surface area contributed by atoms with E-state index in [0.717, 1.165) is 5.56 Å². The Morgan fingerprint density at radius 2 is 2.48 bits per heavy atom. The Morgan fingerprint density at radius 1 is 1.57 bits per heavy atom. The zero-order valence-corrected chi connectivity index (χ0v) is 12.7. The second kappa shape index (κ2) is 4.08. The number of hydrogen-bond donors (Lipinski definition) is 1. The number of ether oxygens (including phenoxy) is 2. The number of likely N-dealkylation sites (N-methyl/N-ethyl adjacent to an activating group) is 1. The summed E-state index contributed by atoms with van der Waals surface area (Å²) in [5.74, 6) is 0.108. The van der Waals surface area contributed by atoms with Crippen LogP contribution >= 0.6 is 0 Å². The molecule has 2 heterocycles. The molecule has 5 nitrogen and oxygen atoms in total. The molecule has 5 heteroatoms. The summed E-state index contributed by atoms with van der Waals surface area (Å²) in [6.45, 7) is -2.27. The van der Waals surface area contributed by atoms with Crippen molar-refractivity contribution < 1.29 is 26.2 Å². The van der Waals surface area contributed by atoms with Crippen LogP contribution in [-0.4, -0.2) is 55.6 Å². The Kier molecular flexibility index (Phi) is 1.60. The maximum absolute atomic E-state index is 13.1. The highest BCUT2D eigenvalue weighted by Crippen LogP contribution is 2.64. The molecule has 1 aromatic rings. The van der Waals surface area contributed by atoms with Crippen LogP contribution in [0.1, 0.15) is 37.2 Å². The first-order chi connectivity index (χ1) is 13.5. The van der Waals surface area contributed by atoms with Gasteiger partial charge in [0.1, 0.15) is 0 Å². The summed E-state index contributed by atoms with van der Waals surface area (Å²) in [4.78, 5) is 14.4. The fourth-order valence-corrected chi connectivity index (χ4v) is 5.14. The molecule has 2 aliphatic heterocycles. The van der Waals surface area contributed by atoms with Crippen LogP contribution in [0.15, 0.2) is 12.1 Å². The molecule has 1 spiro atoms. The highest BCUT2D eigenvalue weighted by molar-refractivity contribution is 5.90. The third-order valence-electron chi connectivity index (χ3n) is 6.15. The lowest BCUT2D eigenvalue weighted by atomic mass is 9.49. The van der Waals surface area contributed by atoms with Gasteiger partial charge in [-0.2, -0.15) is 0 Å². The van der Waals surface area contributed by atoms with Crippen LogP contribution in [0.5, 0.6) is 11.5 Å². The fourth-order valence-electron chi connectivity index (χ4n) is 5.14. The molecule has 0 radical (unpaired) electrons. The van der Waals surface area contributed by atoms with E-state index in [0.29, 0.717) is 17.1 Å². The molecular weight excluding hydrogens is 294 g/mol. The van der Waals surface area contributed by atoms with E-state index < -0.39 is 48.7 Å². The molecule has 2 aliphatic carbocycles. The van der Waals surface area contributed by atoms with Gasteiger partial charge in [-0.05, 0) is 44.4 Å². The highest BCUT2D eigenvalue weighted by atomic mass is 16.5. The van der Waals surface area contributed by atoms with E-state index in [4.69, 9.17) is 22.9 Å². The molecule has 1 unspecified atom stereocenters. The van der Waals surface area contributed by atoms with Gasteiger partial charge >= 0.3 is 0 Å². The number of likely N-dealkylation sites (tertiary alicyclic amines) is 1. The largest absolute Gasteiger partial charge is 0.493 e. The lowest BCUT2D eigenvalue weighted by molar-refractivity contribution is -0.185. The van der Waals surface area contributed by atoms with Crippen molar-refractivity contribution in [1.29, 1.82) is 1.43 Å². The molecule has 4 atom stereocenters. The first-order valence-corrected chi connectivity index (χ1v) is 7.86. The molecule has 1 N–H and O–H groups in total. The Hall–Kier alpha value is -1.59. The molecule has 5 rings (SSSR count). The Balaban J connectivity index is 1.84. The van der Waals surface area contributed by atoms with Gasteiger partial charge in [0.15, 0.2) is 23.4 Å². The number of rotatable bonds is 2. The number of carbonyl (C=O) groups excluding carboxylic acids is 1. The van der Waals surface area contributed by atoms with Crippen molar-refractivity contribution in [1.82, 2.24) is 4.90 Å². The number of ketones is 1. The maximum atomic E-state index is 13.1. The number of nitrogens with zero attached hydrogens (tertiary/aromatic N) is 1. The Morgan fingerprint density at radius 3 is 3.26 bits per heavy atom. The minimum absolute atomic E-state index is 0.165. The van der Waals surface area contributed by atoms with Crippen LogP contribution in [0.3, 0.4) is 0 Å². The molecule has 0 aromatic heterocycles. The van der Waals surface area contributed by atoms with E-state index in [2.05, 4.69) is 0 Å². The van der Waals surface area contributed by atoms with E-state index >= 15 is 0 Å². The monoisotopic (exact) mass is 321 g/mol. The zero-order valence-electron chi connectivity index (χ0n) is 18.7. The predicted molar refractivity (Wildman–Crippen MR) is 83.0 cm³/mol. The van der Waals surface area contributed by atoms with Gasteiger partial charge in [-0.15, -0.1) is 0 Å². The lowest BCUT2D eigenvalue weighted by Crippen LogP contribution is -2.76. The lowest BCUT2D eigenvalue weighted by Gasteiger charge is -2.62. The maximum Gasteiger partial charge on any atom is 0.211 e. The van der Waals surface area contributed by atoms with Crippen molar-refractivity contribution in [3.8, 4) is 11.5 Å². The number of hydrogen-bond acceptors (Lipinski definition) is 5. The van der Waals surface area contributed by atoms with Gasteiger partial charge in [-0.25, -0.2) is 0 Å². The van der Waals surface area contributed by atoms with Crippen molar-refractivity contribution in [2.75, 3.05) is 20.6 Å². The summed E-state index contributed by atoms with van der Waals surface area (Å²) in [5, 5.41) is 5.33. The van der Waals surface area contributed by atoms with Crippen molar-refractivity contribution in [3.05, 3.63) is 23.3 Å². The second-order valence-electron chi connectivity index (χ2n) is 6.87. The van der Waals surface area contributed by atoms with Crippen molar-refractivity contribution in [2.45, 2.75) is 48.8 Å². The number of piperidine rings is 1. The SMILES string of the molecule is [2H]O[C@@]12CC([2H])([2H])C(=O)C3Oc4c(OC)ccc5c4[C@@]31CCN(C([2H])([2H])[2H])[C@@H]2C5. The minimum atomic E-state index is -2.44. The third-order valence-corrected chi connectivity index (χ3v) is 6.15. The first kappa shape index (κ1) is 9.04. The summed E-state index contributed by atoms with van der Waals surface area (Å²) < 4.78 is 60.2. The summed E-state index contributed by atoms with van der Waals surface area (Å²) >= 11 is 0. The van der Waals surface area contributed by atoms with Gasteiger partial charge in [0.2, 0.25) is 1.43 Å². The molecule has 1 aromatic carbocycles. The average molecular weight is 321 g/mol. The normalized spacial score (nSPS) is 47.1. The molecule has 23 heavy (non-hydrogen) atoms. The van der Waals surface area contributed by atoms with Crippen LogP contribution < -0.4 is 9.47 Å². The number of benzene rings is 1. The van der Waals surface area contributed by atoms with Gasteiger partial charge in [0, 0.05) is 24.8 Å². The molecule has 2 fully saturated rings. The van der Waals surface area contributed by atoms with Crippen LogP contribution in [0.4, 0.5) is 0 Å². The molecule has 122 valence electrons. The first-order valence-electron chi connectivity index (χ1n) is 10.8. The quantitative estimate of drug-likeness (QED) is 0.882. The van der Waals surface area contributed by atoms with Crippen LogP contribution in [0.25, 0.3) is 0 Å². The summed E-state index contributed by atoms with van der Waals surface area (Å²) in [6.07, 6.45) is -3.43. The van der Waals surface area contributed by atoms with Crippen LogP contribution in [-0.2, 0) is 16.6 Å². The molecular formula is C18H21NO4. The fraction of sp³-hybridized carbons (Fsp3) is 0.611. The zero-order chi connectivity index (χ0) is 21.0. The topological polar surface area (TPSA) is 59.0 Å². The summed E-state index contributed by atoms with van der Waals surface area (Å²) in [6, 6.07) is 2.76. The van der Waals surface area contributed by atoms with Gasteiger partial charge in [0.05, 0.1) is 18.1 Å². The average Bonchev–Trinajstić information content (AvgIpc) is 2.98. The van der Waals surface area contributed by atoms with Gasteiger partial charge in [-0.1, -0.05) is 6.07 Å². The van der Waals surface area contributed by atoms with Gasteiger partial charge < -0.3 is 19.5 Å². The second-order valence-corrected chi connectivity index (χ2v) is 6.87. The number of aliphatic hydroxyl groups is 1. The number of Topliss-reactive ketones (excluding diaryl/α,β-unsaturated/α-hetero) is 1. The summed E-state index contributed by atoms with van der Waals surface area (Å²) in [7, 11) is 1.49. The van der Waals surface area contributed by atoms with Crippen LogP contribution in [0, 0.1) is 0 Å². The Labute approximate surface area is 143 Å². The van der Waals surface area contributed by atoms with E-state index in [-0.39, 0.29) is 19.4 Å². The van der Waals surface area contributed by atoms with E-state index in [1.165, 1.54) is 12.0 Å². The van der Waals surface area contributed by atoms with Crippen molar-refractivity contribution in [2.24, 2.45) is 0 Å². The molecule has 2 bridgehead atoms.